The van der Waals surface area contributed by atoms with Crippen LogP contribution in [-0.4, -0.2) is 22.4 Å². The molecule has 0 saturated carbocycles. The third-order valence-electron chi connectivity index (χ3n) is 4.08. The maximum Gasteiger partial charge on any atom is 0.135 e. The van der Waals surface area contributed by atoms with Crippen LogP contribution in [0.5, 0.6) is 23.0 Å². The lowest BCUT2D eigenvalue weighted by molar-refractivity contribution is 0.413. The van der Waals surface area contributed by atoms with E-state index in [0.29, 0.717) is 32.9 Å². The van der Waals surface area contributed by atoms with E-state index in [1.165, 1.54) is 0 Å². The molecule has 4 nitrogen and oxygen atoms in total. The predicted octanol–water partition coefficient (Wildman–Crippen LogP) is 3.74. The zero-order valence-corrected chi connectivity index (χ0v) is 12.1. The first-order valence-electron chi connectivity index (χ1n) is 6.60. The zero-order valence-electron chi connectivity index (χ0n) is 12.1. The summed E-state index contributed by atoms with van der Waals surface area (Å²) < 4.78 is 5.43. The summed E-state index contributed by atoms with van der Waals surface area (Å²) >= 11 is 0. The zero-order chi connectivity index (χ0) is 15.3. The lowest BCUT2D eigenvalue weighted by Gasteiger charge is -2.16. The lowest BCUT2D eigenvalue weighted by atomic mass is 9.95. The first kappa shape index (κ1) is 13.4. The van der Waals surface area contributed by atoms with Crippen LogP contribution in [0.4, 0.5) is 0 Å². The van der Waals surface area contributed by atoms with Crippen molar-refractivity contribution in [3.8, 4) is 23.0 Å². The Labute approximate surface area is 121 Å². The third kappa shape index (κ3) is 1.69. The summed E-state index contributed by atoms with van der Waals surface area (Å²) in [4.78, 5) is 0. The molecule has 0 atom stereocenters. The SMILES string of the molecule is COc1c(C)c(C)c(O)c2c(O)c3cccc(O)c3cc12. The van der Waals surface area contributed by atoms with Gasteiger partial charge in [0.25, 0.3) is 0 Å². The van der Waals surface area contributed by atoms with Gasteiger partial charge >= 0.3 is 0 Å². The highest BCUT2D eigenvalue weighted by Crippen LogP contribution is 2.47. The molecule has 3 rings (SSSR count). The van der Waals surface area contributed by atoms with Crippen molar-refractivity contribution in [1.29, 1.82) is 0 Å². The molecule has 0 bridgehead atoms. The summed E-state index contributed by atoms with van der Waals surface area (Å²) in [6.45, 7) is 3.62. The van der Waals surface area contributed by atoms with E-state index in [9.17, 15) is 15.3 Å². The van der Waals surface area contributed by atoms with Gasteiger partial charge in [0.15, 0.2) is 0 Å². The Morgan fingerprint density at radius 3 is 2.24 bits per heavy atom. The summed E-state index contributed by atoms with van der Waals surface area (Å²) in [6, 6.07) is 6.63. The molecule has 0 spiro atoms. The molecule has 108 valence electrons. The number of aromatic hydroxyl groups is 3. The quantitative estimate of drug-likeness (QED) is 0.595. The molecule has 0 heterocycles. The topological polar surface area (TPSA) is 69.9 Å². The van der Waals surface area contributed by atoms with Crippen molar-refractivity contribution in [2.75, 3.05) is 7.11 Å². The normalized spacial score (nSPS) is 11.2. The number of hydrogen-bond donors (Lipinski definition) is 3. The van der Waals surface area contributed by atoms with E-state index in [1.807, 2.05) is 6.92 Å². The van der Waals surface area contributed by atoms with Gasteiger partial charge in [0.1, 0.15) is 23.0 Å². The van der Waals surface area contributed by atoms with Crippen LogP contribution in [0.3, 0.4) is 0 Å². The van der Waals surface area contributed by atoms with Crippen LogP contribution < -0.4 is 4.74 Å². The maximum atomic E-state index is 10.5. The second-order valence-electron chi connectivity index (χ2n) is 5.15. The molecule has 0 saturated heterocycles. The maximum absolute atomic E-state index is 10.5. The second kappa shape index (κ2) is 4.45. The van der Waals surface area contributed by atoms with Crippen LogP contribution in [-0.2, 0) is 0 Å². The molecule has 0 aliphatic carbocycles. The predicted molar refractivity (Wildman–Crippen MR) is 82.5 cm³/mol. The molecule has 21 heavy (non-hydrogen) atoms. The molecule has 0 amide bonds. The second-order valence-corrected chi connectivity index (χ2v) is 5.15. The fourth-order valence-corrected chi connectivity index (χ4v) is 2.81. The first-order valence-corrected chi connectivity index (χ1v) is 6.60. The molecule has 0 unspecified atom stereocenters. The van der Waals surface area contributed by atoms with Crippen LogP contribution in [0.2, 0.25) is 0 Å². The molecule has 3 aromatic rings. The number of fused-ring (bicyclic) bond motifs is 2. The van der Waals surface area contributed by atoms with E-state index in [2.05, 4.69) is 0 Å². The first-order chi connectivity index (χ1) is 9.97. The molecule has 0 fully saturated rings. The fraction of sp³-hybridized carbons (Fsp3) is 0.176. The molecular weight excluding hydrogens is 268 g/mol. The van der Waals surface area contributed by atoms with Crippen LogP contribution in [0.1, 0.15) is 11.1 Å². The molecule has 3 N–H and O–H groups in total. The van der Waals surface area contributed by atoms with Crippen LogP contribution in [0.15, 0.2) is 24.3 Å². The van der Waals surface area contributed by atoms with Crippen molar-refractivity contribution in [3.63, 3.8) is 0 Å². The molecule has 0 aliphatic heterocycles. The van der Waals surface area contributed by atoms with Gasteiger partial charge in [-0.2, -0.15) is 0 Å². The molecule has 4 heteroatoms. The lowest BCUT2D eigenvalue weighted by Crippen LogP contribution is -1.94. The summed E-state index contributed by atoms with van der Waals surface area (Å²) in [5.41, 5.74) is 1.46. The monoisotopic (exact) mass is 284 g/mol. The average molecular weight is 284 g/mol. The molecule has 0 radical (unpaired) electrons. The number of rotatable bonds is 1. The van der Waals surface area contributed by atoms with Gasteiger partial charge in [-0.25, -0.2) is 0 Å². The third-order valence-corrected chi connectivity index (χ3v) is 4.08. The van der Waals surface area contributed by atoms with E-state index in [4.69, 9.17) is 4.74 Å². The van der Waals surface area contributed by atoms with Crippen LogP contribution in [0.25, 0.3) is 21.5 Å². The Morgan fingerprint density at radius 1 is 0.857 bits per heavy atom. The van der Waals surface area contributed by atoms with Crippen LogP contribution >= 0.6 is 0 Å². The van der Waals surface area contributed by atoms with E-state index in [-0.39, 0.29) is 17.2 Å². The van der Waals surface area contributed by atoms with E-state index in [0.717, 1.165) is 5.56 Å². The minimum Gasteiger partial charge on any atom is -0.507 e. The fourth-order valence-electron chi connectivity index (χ4n) is 2.81. The number of hydrogen-bond acceptors (Lipinski definition) is 4. The Hall–Kier alpha value is -2.62. The largest absolute Gasteiger partial charge is 0.507 e. The summed E-state index contributed by atoms with van der Waals surface area (Å²) in [5.74, 6) is 0.633. The Bertz CT molecular complexity index is 881. The number of ether oxygens (including phenoxy) is 1. The van der Waals surface area contributed by atoms with Gasteiger partial charge in [-0.15, -0.1) is 0 Å². The smallest absolute Gasteiger partial charge is 0.135 e. The van der Waals surface area contributed by atoms with Gasteiger partial charge in [0, 0.05) is 16.2 Å². The number of phenols is 3. The van der Waals surface area contributed by atoms with Gasteiger partial charge in [0.05, 0.1) is 12.5 Å². The van der Waals surface area contributed by atoms with Gasteiger partial charge in [-0.1, -0.05) is 12.1 Å². The standard InChI is InChI=1S/C17H16O4/c1-8-9(2)17(21-3)12-7-11-10(5-4-6-13(11)18)16(20)14(12)15(8)19/h4-7,18-20H,1-3H3. The highest BCUT2D eigenvalue weighted by molar-refractivity contribution is 6.11. The van der Waals surface area contributed by atoms with Gasteiger partial charge in [0.2, 0.25) is 0 Å². The molecule has 0 aromatic heterocycles. The van der Waals surface area contributed by atoms with Crippen molar-refractivity contribution in [2.24, 2.45) is 0 Å². The van der Waals surface area contributed by atoms with Crippen molar-refractivity contribution in [3.05, 3.63) is 35.4 Å². The minimum absolute atomic E-state index is 0.0334. The summed E-state index contributed by atoms with van der Waals surface area (Å²) in [6.07, 6.45) is 0. The Morgan fingerprint density at radius 2 is 1.57 bits per heavy atom. The average Bonchev–Trinajstić information content (AvgIpc) is 2.46. The van der Waals surface area contributed by atoms with Gasteiger partial charge in [-0.3, -0.25) is 0 Å². The van der Waals surface area contributed by atoms with E-state index >= 15 is 0 Å². The van der Waals surface area contributed by atoms with Crippen molar-refractivity contribution in [2.45, 2.75) is 13.8 Å². The van der Waals surface area contributed by atoms with Crippen molar-refractivity contribution >= 4 is 21.5 Å². The number of methoxy groups -OCH3 is 1. The van der Waals surface area contributed by atoms with Crippen molar-refractivity contribution < 1.29 is 20.1 Å². The van der Waals surface area contributed by atoms with Crippen molar-refractivity contribution in [1.82, 2.24) is 0 Å². The van der Waals surface area contributed by atoms with Gasteiger partial charge in [-0.05, 0) is 37.1 Å². The Balaban J connectivity index is 2.66. The summed E-state index contributed by atoms with van der Waals surface area (Å²) in [5, 5.41) is 32.8. The number of benzene rings is 3. The Kier molecular flexibility index (Phi) is 2.83. The highest BCUT2D eigenvalue weighted by Gasteiger charge is 2.20. The minimum atomic E-state index is -0.0581. The summed E-state index contributed by atoms with van der Waals surface area (Å²) in [7, 11) is 1.55. The number of phenolic OH excluding ortho intramolecular Hbond substituents is 3. The highest BCUT2D eigenvalue weighted by atomic mass is 16.5. The molecule has 3 aromatic carbocycles. The molecule has 0 aliphatic rings. The van der Waals surface area contributed by atoms with Gasteiger partial charge < -0.3 is 20.1 Å². The van der Waals surface area contributed by atoms with E-state index in [1.54, 1.807) is 38.3 Å². The molecular formula is C17H16O4. The van der Waals surface area contributed by atoms with E-state index < -0.39 is 0 Å². The van der Waals surface area contributed by atoms with Crippen LogP contribution in [0, 0.1) is 13.8 Å².